The summed E-state index contributed by atoms with van der Waals surface area (Å²) < 4.78 is 16.1. The highest BCUT2D eigenvalue weighted by Crippen LogP contribution is 2.38. The van der Waals surface area contributed by atoms with Gasteiger partial charge in [0.05, 0.1) is 26.9 Å². The fraction of sp³-hybridized carbons (Fsp3) is 0.231. The molecule has 1 aliphatic rings. The SMILES string of the molecule is COc1cc(C(=O)NN2C(=O)c3ccccc3NC2c2ccc(C)cc2C)cc(OC)c1OC. The molecule has 4 rings (SSSR count). The highest BCUT2D eigenvalue weighted by atomic mass is 16.5. The molecule has 0 bridgehead atoms. The van der Waals surface area contributed by atoms with Crippen molar-refractivity contribution in [3.05, 3.63) is 82.4 Å². The van der Waals surface area contributed by atoms with E-state index in [-0.39, 0.29) is 11.5 Å². The monoisotopic (exact) mass is 461 g/mol. The van der Waals surface area contributed by atoms with E-state index in [1.54, 1.807) is 24.3 Å². The molecular weight excluding hydrogens is 434 g/mol. The Labute approximate surface area is 198 Å². The first-order valence-electron chi connectivity index (χ1n) is 10.7. The minimum Gasteiger partial charge on any atom is -0.493 e. The van der Waals surface area contributed by atoms with E-state index >= 15 is 0 Å². The van der Waals surface area contributed by atoms with Gasteiger partial charge >= 0.3 is 0 Å². The minimum absolute atomic E-state index is 0.250. The largest absolute Gasteiger partial charge is 0.493 e. The van der Waals surface area contributed by atoms with Crippen molar-refractivity contribution in [2.24, 2.45) is 0 Å². The van der Waals surface area contributed by atoms with Crippen LogP contribution in [0.1, 0.15) is 43.6 Å². The lowest BCUT2D eigenvalue weighted by atomic mass is 10.00. The first kappa shape index (κ1) is 23.0. The van der Waals surface area contributed by atoms with Crippen LogP contribution in [-0.4, -0.2) is 38.2 Å². The van der Waals surface area contributed by atoms with Crippen molar-refractivity contribution in [2.75, 3.05) is 26.6 Å². The molecule has 1 aliphatic heterocycles. The number of ether oxygens (including phenoxy) is 3. The maximum Gasteiger partial charge on any atom is 0.276 e. The number of amides is 2. The maximum absolute atomic E-state index is 13.5. The standard InChI is InChI=1S/C26H27N3O5/c1-15-10-11-18(16(2)12-15)24-27-20-9-7-6-8-19(20)26(31)29(24)28-25(30)17-13-21(32-3)23(34-5)22(14-17)33-4/h6-14,24,27H,1-5H3,(H,28,30). The number of fused-ring (bicyclic) bond motifs is 1. The number of hydrazine groups is 1. The number of hydrogen-bond acceptors (Lipinski definition) is 6. The summed E-state index contributed by atoms with van der Waals surface area (Å²) in [5.41, 5.74) is 7.19. The van der Waals surface area contributed by atoms with Gasteiger partial charge in [-0.3, -0.25) is 15.0 Å². The number of anilines is 1. The molecule has 0 saturated heterocycles. The summed E-state index contributed by atoms with van der Waals surface area (Å²) >= 11 is 0. The van der Waals surface area contributed by atoms with E-state index in [4.69, 9.17) is 14.2 Å². The Morgan fingerprint density at radius 1 is 0.941 bits per heavy atom. The van der Waals surface area contributed by atoms with Crippen molar-refractivity contribution < 1.29 is 23.8 Å². The van der Waals surface area contributed by atoms with Crippen molar-refractivity contribution in [1.82, 2.24) is 10.4 Å². The van der Waals surface area contributed by atoms with Gasteiger partial charge in [-0.25, -0.2) is 5.01 Å². The second kappa shape index (κ2) is 9.35. The van der Waals surface area contributed by atoms with Gasteiger partial charge in [0, 0.05) is 11.3 Å². The first-order valence-corrected chi connectivity index (χ1v) is 10.7. The quantitative estimate of drug-likeness (QED) is 0.571. The van der Waals surface area contributed by atoms with E-state index in [1.165, 1.54) is 26.3 Å². The van der Waals surface area contributed by atoms with Crippen LogP contribution in [0.2, 0.25) is 0 Å². The Hall–Kier alpha value is -4.20. The lowest BCUT2D eigenvalue weighted by Gasteiger charge is -2.38. The van der Waals surface area contributed by atoms with Crippen molar-refractivity contribution >= 4 is 17.5 Å². The maximum atomic E-state index is 13.5. The van der Waals surface area contributed by atoms with Crippen molar-refractivity contribution in [3.8, 4) is 17.2 Å². The van der Waals surface area contributed by atoms with Gasteiger partial charge < -0.3 is 19.5 Å². The molecule has 34 heavy (non-hydrogen) atoms. The molecule has 8 heteroatoms. The third kappa shape index (κ3) is 4.10. The summed E-state index contributed by atoms with van der Waals surface area (Å²) in [6.07, 6.45) is -0.603. The van der Waals surface area contributed by atoms with E-state index in [2.05, 4.69) is 10.7 Å². The number of hydrogen-bond donors (Lipinski definition) is 2. The zero-order valence-corrected chi connectivity index (χ0v) is 19.8. The highest BCUT2D eigenvalue weighted by molar-refractivity contribution is 6.04. The first-order chi connectivity index (χ1) is 16.4. The van der Waals surface area contributed by atoms with E-state index in [0.717, 1.165) is 16.7 Å². The van der Waals surface area contributed by atoms with Crippen LogP contribution in [0.4, 0.5) is 5.69 Å². The molecule has 1 heterocycles. The number of nitrogens with one attached hydrogen (secondary N) is 2. The number of nitrogens with zero attached hydrogens (tertiary/aromatic N) is 1. The summed E-state index contributed by atoms with van der Waals surface area (Å²) in [6.45, 7) is 3.99. The fourth-order valence-corrected chi connectivity index (χ4v) is 4.11. The van der Waals surface area contributed by atoms with Gasteiger partial charge in [-0.15, -0.1) is 0 Å². The van der Waals surface area contributed by atoms with Crippen molar-refractivity contribution in [1.29, 1.82) is 0 Å². The predicted molar refractivity (Wildman–Crippen MR) is 128 cm³/mol. The molecule has 1 atom stereocenters. The molecule has 3 aromatic rings. The van der Waals surface area contributed by atoms with Gasteiger partial charge in [-0.2, -0.15) is 0 Å². The van der Waals surface area contributed by atoms with E-state index in [9.17, 15) is 9.59 Å². The number of benzene rings is 3. The molecular formula is C26H27N3O5. The van der Waals surface area contributed by atoms with Gasteiger partial charge in [0.2, 0.25) is 5.75 Å². The fourth-order valence-electron chi connectivity index (χ4n) is 4.11. The summed E-state index contributed by atoms with van der Waals surface area (Å²) in [4.78, 5) is 26.8. The van der Waals surface area contributed by atoms with Gasteiger partial charge in [0.1, 0.15) is 6.17 Å². The Kier molecular flexibility index (Phi) is 6.32. The molecule has 0 aliphatic carbocycles. The molecule has 0 saturated carbocycles. The van der Waals surface area contributed by atoms with Gasteiger partial charge in [-0.05, 0) is 49.2 Å². The molecule has 0 aromatic heterocycles. The number of carbonyl (C=O) groups excluding carboxylic acids is 2. The Morgan fingerprint density at radius 2 is 1.62 bits per heavy atom. The molecule has 0 radical (unpaired) electrons. The van der Waals surface area contributed by atoms with E-state index in [0.29, 0.717) is 28.5 Å². The Balaban J connectivity index is 1.75. The second-order valence-corrected chi connectivity index (χ2v) is 7.98. The molecule has 176 valence electrons. The normalized spacial score (nSPS) is 14.7. The molecule has 2 N–H and O–H groups in total. The second-order valence-electron chi connectivity index (χ2n) is 7.98. The zero-order chi connectivity index (χ0) is 24.4. The third-order valence-corrected chi connectivity index (χ3v) is 5.80. The van der Waals surface area contributed by atoms with E-state index < -0.39 is 12.1 Å². The number of aryl methyl sites for hydroxylation is 2. The summed E-state index contributed by atoms with van der Waals surface area (Å²) in [5, 5.41) is 4.72. The van der Waals surface area contributed by atoms with Crippen molar-refractivity contribution in [2.45, 2.75) is 20.0 Å². The van der Waals surface area contributed by atoms with Crippen LogP contribution in [0.25, 0.3) is 0 Å². The van der Waals surface area contributed by atoms with Crippen LogP contribution in [-0.2, 0) is 0 Å². The van der Waals surface area contributed by atoms with Crippen LogP contribution in [0.3, 0.4) is 0 Å². The smallest absolute Gasteiger partial charge is 0.276 e. The molecule has 2 amide bonds. The number of rotatable bonds is 6. The molecule has 8 nitrogen and oxygen atoms in total. The number of carbonyl (C=O) groups is 2. The van der Waals surface area contributed by atoms with Crippen molar-refractivity contribution in [3.63, 3.8) is 0 Å². The lowest BCUT2D eigenvalue weighted by molar-refractivity contribution is 0.0490. The Morgan fingerprint density at radius 3 is 2.24 bits per heavy atom. The minimum atomic E-state index is -0.603. The summed E-state index contributed by atoms with van der Waals surface area (Å²) in [7, 11) is 4.44. The van der Waals surface area contributed by atoms with E-state index in [1.807, 2.05) is 44.2 Å². The van der Waals surface area contributed by atoms with Gasteiger partial charge in [0.25, 0.3) is 11.8 Å². The van der Waals surface area contributed by atoms with Gasteiger partial charge in [-0.1, -0.05) is 35.9 Å². The lowest BCUT2D eigenvalue weighted by Crippen LogP contribution is -2.53. The summed E-state index contributed by atoms with van der Waals surface area (Å²) in [5.74, 6) is 0.237. The van der Waals surface area contributed by atoms with Crippen LogP contribution < -0.4 is 25.0 Å². The molecule has 3 aromatic carbocycles. The predicted octanol–water partition coefficient (Wildman–Crippen LogP) is 4.24. The highest BCUT2D eigenvalue weighted by Gasteiger charge is 2.35. The number of para-hydroxylation sites is 1. The average Bonchev–Trinajstić information content (AvgIpc) is 2.84. The Bertz CT molecular complexity index is 1230. The molecule has 0 spiro atoms. The average molecular weight is 462 g/mol. The van der Waals surface area contributed by atoms with Crippen LogP contribution in [0, 0.1) is 13.8 Å². The topological polar surface area (TPSA) is 89.1 Å². The van der Waals surface area contributed by atoms with Crippen LogP contribution in [0.5, 0.6) is 17.2 Å². The molecule has 1 unspecified atom stereocenters. The van der Waals surface area contributed by atoms with Gasteiger partial charge in [0.15, 0.2) is 11.5 Å². The van der Waals surface area contributed by atoms with Crippen LogP contribution in [0.15, 0.2) is 54.6 Å². The van der Waals surface area contributed by atoms with Crippen LogP contribution >= 0.6 is 0 Å². The summed E-state index contributed by atoms with van der Waals surface area (Å²) in [6, 6.07) is 16.3. The molecule has 0 fully saturated rings. The zero-order valence-electron chi connectivity index (χ0n) is 19.8. The third-order valence-electron chi connectivity index (χ3n) is 5.80. The number of methoxy groups -OCH3 is 3.